The summed E-state index contributed by atoms with van der Waals surface area (Å²) in [5.41, 5.74) is 0.508. The third-order valence-corrected chi connectivity index (χ3v) is 5.14. The van der Waals surface area contributed by atoms with Crippen LogP contribution in [0.1, 0.15) is 17.0 Å². The van der Waals surface area contributed by atoms with Gasteiger partial charge in [-0.15, -0.1) is 0 Å². The summed E-state index contributed by atoms with van der Waals surface area (Å²) in [6.07, 6.45) is 0.489. The van der Waals surface area contributed by atoms with Crippen LogP contribution in [0, 0.1) is 0 Å². The Morgan fingerprint density at radius 3 is 2.71 bits per heavy atom. The van der Waals surface area contributed by atoms with E-state index in [0.717, 1.165) is 0 Å². The monoisotopic (exact) mass is 307 g/mol. The molecule has 0 spiro atoms. The number of carboxylic acid groups (broad SMARTS) is 1. The molecule has 0 radical (unpaired) electrons. The van der Waals surface area contributed by atoms with Crippen LogP contribution in [0.2, 0.25) is 0 Å². The molecule has 110 valence electrons. The number of hydrogen-bond acceptors (Lipinski definition) is 6. The van der Waals surface area contributed by atoms with Crippen molar-refractivity contribution in [3.05, 3.63) is 30.1 Å². The predicted octanol–water partition coefficient (Wildman–Crippen LogP) is 0.927. The van der Waals surface area contributed by atoms with E-state index in [9.17, 15) is 13.2 Å². The molecule has 1 fully saturated rings. The van der Waals surface area contributed by atoms with Crippen molar-refractivity contribution in [2.75, 3.05) is 16.8 Å². The zero-order valence-electron chi connectivity index (χ0n) is 11.0. The largest absolute Gasteiger partial charge is 0.475 e. The predicted molar refractivity (Wildman–Crippen MR) is 77.2 cm³/mol. The second-order valence-electron chi connectivity index (χ2n) is 4.96. The topological polar surface area (TPSA) is 109 Å². The van der Waals surface area contributed by atoms with Crippen LogP contribution in [0.15, 0.2) is 24.3 Å². The van der Waals surface area contributed by atoms with Gasteiger partial charge >= 0.3 is 5.97 Å². The van der Waals surface area contributed by atoms with Crippen molar-refractivity contribution in [1.29, 1.82) is 0 Å². The number of aromatic carboxylic acids is 1. The molecule has 21 heavy (non-hydrogen) atoms. The normalized spacial score (nSPS) is 20.5. The Labute approximate surface area is 121 Å². The van der Waals surface area contributed by atoms with Gasteiger partial charge in [0.25, 0.3) is 0 Å². The molecular weight excluding hydrogens is 294 g/mol. The number of fused-ring (bicyclic) bond motifs is 1. The Morgan fingerprint density at radius 1 is 1.29 bits per heavy atom. The molecule has 1 aliphatic rings. The van der Waals surface area contributed by atoms with E-state index in [-0.39, 0.29) is 23.4 Å². The number of rotatable bonds is 3. The zero-order chi connectivity index (χ0) is 15.0. The quantitative estimate of drug-likeness (QED) is 0.868. The van der Waals surface area contributed by atoms with Crippen molar-refractivity contribution in [2.24, 2.45) is 0 Å². The summed E-state index contributed by atoms with van der Waals surface area (Å²) in [7, 11) is -3.02. The number of anilines is 1. The van der Waals surface area contributed by atoms with E-state index in [1.807, 2.05) is 0 Å². The molecule has 0 saturated carbocycles. The Balaban J connectivity index is 2.02. The van der Waals surface area contributed by atoms with Gasteiger partial charge in [0.15, 0.2) is 9.84 Å². The molecule has 8 heteroatoms. The van der Waals surface area contributed by atoms with Gasteiger partial charge in [0.2, 0.25) is 5.82 Å². The van der Waals surface area contributed by atoms with Crippen molar-refractivity contribution < 1.29 is 18.3 Å². The molecule has 2 N–H and O–H groups in total. The lowest BCUT2D eigenvalue weighted by Gasteiger charge is -2.14. The standard InChI is InChI=1S/C13H13N3O4S/c17-13(18)12-15-10-4-2-1-3-9(10)11(16-12)14-8-5-6-21(19,20)7-8/h1-4,8H,5-7H2,(H,17,18)(H,14,15,16). The van der Waals surface area contributed by atoms with Gasteiger partial charge < -0.3 is 10.4 Å². The van der Waals surface area contributed by atoms with Gasteiger partial charge in [0.1, 0.15) is 5.82 Å². The summed E-state index contributed by atoms with van der Waals surface area (Å²) >= 11 is 0. The molecule has 2 heterocycles. The second kappa shape index (κ2) is 4.96. The van der Waals surface area contributed by atoms with Gasteiger partial charge in [-0.25, -0.2) is 23.2 Å². The highest BCUT2D eigenvalue weighted by atomic mass is 32.2. The van der Waals surface area contributed by atoms with Gasteiger partial charge in [0.05, 0.1) is 17.0 Å². The molecule has 1 unspecified atom stereocenters. The minimum Gasteiger partial charge on any atom is -0.475 e. The molecule has 0 aliphatic carbocycles. The van der Waals surface area contributed by atoms with Crippen molar-refractivity contribution in [1.82, 2.24) is 9.97 Å². The molecule has 0 amide bonds. The molecule has 2 aromatic rings. The van der Waals surface area contributed by atoms with Crippen LogP contribution in [0.4, 0.5) is 5.82 Å². The average molecular weight is 307 g/mol. The number of carbonyl (C=O) groups is 1. The van der Waals surface area contributed by atoms with Gasteiger partial charge in [0, 0.05) is 11.4 Å². The third kappa shape index (κ3) is 2.80. The SMILES string of the molecule is O=C(O)c1nc(NC2CCS(=O)(=O)C2)c2ccccc2n1. The lowest BCUT2D eigenvalue weighted by molar-refractivity contribution is 0.0684. The maximum absolute atomic E-state index is 11.5. The zero-order valence-corrected chi connectivity index (χ0v) is 11.8. The molecule has 0 bridgehead atoms. The summed E-state index contributed by atoms with van der Waals surface area (Å²) in [6.45, 7) is 0. The number of carboxylic acids is 1. The summed E-state index contributed by atoms with van der Waals surface area (Å²) in [6, 6.07) is 6.76. The molecule has 3 rings (SSSR count). The summed E-state index contributed by atoms with van der Waals surface area (Å²) < 4.78 is 23.0. The van der Waals surface area contributed by atoms with Crippen LogP contribution in [0.3, 0.4) is 0 Å². The number of benzene rings is 1. The van der Waals surface area contributed by atoms with Crippen LogP contribution in [0.25, 0.3) is 10.9 Å². The fourth-order valence-electron chi connectivity index (χ4n) is 2.38. The van der Waals surface area contributed by atoms with E-state index in [1.54, 1.807) is 24.3 Å². The summed E-state index contributed by atoms with van der Waals surface area (Å²) in [5.74, 6) is -0.993. The van der Waals surface area contributed by atoms with Crippen LogP contribution < -0.4 is 5.32 Å². The number of para-hydroxylation sites is 1. The number of hydrogen-bond donors (Lipinski definition) is 2. The van der Waals surface area contributed by atoms with E-state index < -0.39 is 15.8 Å². The smallest absolute Gasteiger partial charge is 0.374 e. The van der Waals surface area contributed by atoms with E-state index >= 15 is 0 Å². The number of sulfone groups is 1. The first kappa shape index (κ1) is 13.7. The highest BCUT2D eigenvalue weighted by Crippen LogP contribution is 2.23. The minimum atomic E-state index is -3.02. The van der Waals surface area contributed by atoms with Crippen LogP contribution in [-0.2, 0) is 9.84 Å². The van der Waals surface area contributed by atoms with Crippen molar-refractivity contribution >= 4 is 32.5 Å². The van der Waals surface area contributed by atoms with Gasteiger partial charge in [-0.05, 0) is 18.6 Å². The van der Waals surface area contributed by atoms with Crippen molar-refractivity contribution in [3.8, 4) is 0 Å². The summed E-state index contributed by atoms with van der Waals surface area (Å²) in [5, 5.41) is 12.8. The first-order valence-electron chi connectivity index (χ1n) is 6.42. The molecule has 1 aliphatic heterocycles. The lowest BCUT2D eigenvalue weighted by Crippen LogP contribution is -2.22. The minimum absolute atomic E-state index is 0.0355. The highest BCUT2D eigenvalue weighted by Gasteiger charge is 2.28. The second-order valence-corrected chi connectivity index (χ2v) is 7.19. The van der Waals surface area contributed by atoms with Crippen LogP contribution >= 0.6 is 0 Å². The Kier molecular flexibility index (Phi) is 3.25. The van der Waals surface area contributed by atoms with Gasteiger partial charge in [-0.1, -0.05) is 12.1 Å². The van der Waals surface area contributed by atoms with Crippen LogP contribution in [-0.4, -0.2) is 47.0 Å². The van der Waals surface area contributed by atoms with Crippen molar-refractivity contribution in [2.45, 2.75) is 12.5 Å². The number of nitrogens with one attached hydrogen (secondary N) is 1. The van der Waals surface area contributed by atoms with E-state index in [0.29, 0.717) is 23.1 Å². The number of nitrogens with zero attached hydrogens (tertiary/aromatic N) is 2. The Morgan fingerprint density at radius 2 is 2.05 bits per heavy atom. The molecule has 1 atom stereocenters. The Bertz CT molecular complexity index is 819. The fourth-order valence-corrected chi connectivity index (χ4v) is 4.06. The first-order chi connectivity index (χ1) is 9.94. The maximum atomic E-state index is 11.5. The molecule has 1 saturated heterocycles. The Hall–Kier alpha value is -2.22. The maximum Gasteiger partial charge on any atom is 0.374 e. The van der Waals surface area contributed by atoms with Crippen LogP contribution in [0.5, 0.6) is 0 Å². The third-order valence-electron chi connectivity index (χ3n) is 3.37. The highest BCUT2D eigenvalue weighted by molar-refractivity contribution is 7.91. The summed E-state index contributed by atoms with van der Waals surface area (Å²) in [4.78, 5) is 19.1. The number of aromatic nitrogens is 2. The van der Waals surface area contributed by atoms with E-state index in [2.05, 4.69) is 15.3 Å². The first-order valence-corrected chi connectivity index (χ1v) is 8.24. The van der Waals surface area contributed by atoms with E-state index in [1.165, 1.54) is 0 Å². The molecule has 1 aromatic carbocycles. The van der Waals surface area contributed by atoms with Gasteiger partial charge in [-0.2, -0.15) is 0 Å². The molecule has 7 nitrogen and oxygen atoms in total. The molecule has 1 aromatic heterocycles. The average Bonchev–Trinajstić information content (AvgIpc) is 2.77. The van der Waals surface area contributed by atoms with Gasteiger partial charge in [-0.3, -0.25) is 0 Å². The van der Waals surface area contributed by atoms with Crippen molar-refractivity contribution in [3.63, 3.8) is 0 Å². The fraction of sp³-hybridized carbons (Fsp3) is 0.308. The molecular formula is C13H13N3O4S. The van der Waals surface area contributed by atoms with E-state index in [4.69, 9.17) is 5.11 Å². The lowest BCUT2D eigenvalue weighted by atomic mass is 10.2.